The van der Waals surface area contributed by atoms with Crippen LogP contribution in [0.15, 0.2) is 84.9 Å². The molecule has 0 radical (unpaired) electrons. The molecule has 3 heteroatoms. The molecule has 3 aromatic carbocycles. The van der Waals surface area contributed by atoms with E-state index in [1.54, 1.807) is 7.11 Å². The fourth-order valence-electron chi connectivity index (χ4n) is 4.33. The van der Waals surface area contributed by atoms with E-state index >= 15 is 0 Å². The van der Waals surface area contributed by atoms with Crippen molar-refractivity contribution >= 4 is 5.91 Å². The van der Waals surface area contributed by atoms with Gasteiger partial charge in [0.2, 0.25) is 5.91 Å². The summed E-state index contributed by atoms with van der Waals surface area (Å²) in [5.41, 5.74) is 3.56. The molecule has 1 amide bonds. The molecule has 29 heavy (non-hydrogen) atoms. The van der Waals surface area contributed by atoms with Gasteiger partial charge in [-0.25, -0.2) is 0 Å². The summed E-state index contributed by atoms with van der Waals surface area (Å²) in [6, 6.07) is 29.0. The second-order valence-corrected chi connectivity index (χ2v) is 7.60. The fourth-order valence-corrected chi connectivity index (χ4v) is 4.33. The van der Waals surface area contributed by atoms with Crippen LogP contribution in [0.4, 0.5) is 0 Å². The zero-order chi connectivity index (χ0) is 20.1. The number of carbonyl (C=O) groups excluding carboxylic acids is 1. The first-order valence-corrected chi connectivity index (χ1v) is 10.3. The van der Waals surface area contributed by atoms with Crippen molar-refractivity contribution in [1.82, 2.24) is 4.90 Å². The van der Waals surface area contributed by atoms with E-state index in [0.29, 0.717) is 6.42 Å². The molecule has 3 nitrogen and oxygen atoms in total. The number of ether oxygens (including phenoxy) is 1. The zero-order valence-corrected chi connectivity index (χ0v) is 16.8. The lowest BCUT2D eigenvalue weighted by Gasteiger charge is -2.28. The highest BCUT2D eigenvalue weighted by Gasteiger charge is 2.31. The van der Waals surface area contributed by atoms with Gasteiger partial charge in [0.05, 0.1) is 13.2 Å². The minimum absolute atomic E-state index is 0.0713. The maximum Gasteiger partial charge on any atom is 0.224 e. The van der Waals surface area contributed by atoms with Crippen molar-refractivity contribution < 1.29 is 9.53 Å². The van der Waals surface area contributed by atoms with Crippen LogP contribution in [0.5, 0.6) is 5.75 Å². The summed E-state index contributed by atoms with van der Waals surface area (Å²) in [7, 11) is 1.67. The van der Waals surface area contributed by atoms with Crippen LogP contribution in [0.25, 0.3) is 0 Å². The Morgan fingerprint density at radius 2 is 1.52 bits per heavy atom. The molecule has 0 aliphatic carbocycles. The van der Waals surface area contributed by atoms with Gasteiger partial charge in [0.25, 0.3) is 0 Å². The van der Waals surface area contributed by atoms with Crippen molar-refractivity contribution in [1.29, 1.82) is 0 Å². The van der Waals surface area contributed by atoms with Crippen LogP contribution in [0.2, 0.25) is 0 Å². The highest BCUT2D eigenvalue weighted by Crippen LogP contribution is 2.36. The lowest BCUT2D eigenvalue weighted by Crippen LogP contribution is -2.31. The monoisotopic (exact) mass is 385 g/mol. The summed E-state index contributed by atoms with van der Waals surface area (Å²) in [6.45, 7) is 0.825. The van der Waals surface area contributed by atoms with Gasteiger partial charge in [0, 0.05) is 18.9 Å². The number of benzene rings is 3. The third kappa shape index (κ3) is 4.34. The van der Waals surface area contributed by atoms with Gasteiger partial charge >= 0.3 is 0 Å². The van der Waals surface area contributed by atoms with Gasteiger partial charge in [-0.3, -0.25) is 4.79 Å². The van der Waals surface area contributed by atoms with E-state index in [2.05, 4.69) is 41.3 Å². The maximum atomic E-state index is 13.4. The molecule has 0 bridgehead atoms. The van der Waals surface area contributed by atoms with E-state index in [0.717, 1.165) is 25.1 Å². The van der Waals surface area contributed by atoms with E-state index in [-0.39, 0.29) is 17.9 Å². The lowest BCUT2D eigenvalue weighted by atomic mass is 9.88. The van der Waals surface area contributed by atoms with Crippen molar-refractivity contribution in [3.05, 3.63) is 102 Å². The van der Waals surface area contributed by atoms with Crippen LogP contribution in [-0.4, -0.2) is 24.5 Å². The Morgan fingerprint density at radius 1 is 0.931 bits per heavy atom. The zero-order valence-electron chi connectivity index (χ0n) is 16.8. The second-order valence-electron chi connectivity index (χ2n) is 7.60. The average molecular weight is 386 g/mol. The molecule has 1 heterocycles. The SMILES string of the molecule is COc1ccc([C@@H]2CCCN2C(=O)CC(c2ccccc2)c2ccccc2)cc1. The average Bonchev–Trinajstić information content (AvgIpc) is 3.29. The highest BCUT2D eigenvalue weighted by atomic mass is 16.5. The van der Waals surface area contributed by atoms with Crippen molar-refractivity contribution in [2.24, 2.45) is 0 Å². The summed E-state index contributed by atoms with van der Waals surface area (Å²) in [5, 5.41) is 0. The number of rotatable bonds is 6. The Hall–Kier alpha value is -3.07. The molecule has 3 aromatic rings. The molecule has 1 aliphatic rings. The Kier molecular flexibility index (Phi) is 5.95. The number of nitrogens with zero attached hydrogens (tertiary/aromatic N) is 1. The van der Waals surface area contributed by atoms with Crippen LogP contribution < -0.4 is 4.74 Å². The summed E-state index contributed by atoms with van der Waals surface area (Å²) in [6.07, 6.45) is 2.55. The predicted octanol–water partition coefficient (Wildman–Crippen LogP) is 5.58. The molecule has 0 saturated carbocycles. The quantitative estimate of drug-likeness (QED) is 0.554. The third-order valence-electron chi connectivity index (χ3n) is 5.86. The topological polar surface area (TPSA) is 29.5 Å². The molecular weight excluding hydrogens is 358 g/mol. The summed E-state index contributed by atoms with van der Waals surface area (Å²) in [5.74, 6) is 1.14. The molecule has 148 valence electrons. The number of amides is 1. The van der Waals surface area contributed by atoms with E-state index < -0.39 is 0 Å². The predicted molar refractivity (Wildman–Crippen MR) is 116 cm³/mol. The largest absolute Gasteiger partial charge is 0.497 e. The van der Waals surface area contributed by atoms with Gasteiger partial charge in [-0.2, -0.15) is 0 Å². The first-order chi connectivity index (χ1) is 14.3. The van der Waals surface area contributed by atoms with Gasteiger partial charge in [0.1, 0.15) is 5.75 Å². The van der Waals surface area contributed by atoms with Crippen LogP contribution in [-0.2, 0) is 4.79 Å². The Bertz CT molecular complexity index is 882. The van der Waals surface area contributed by atoms with Gasteiger partial charge in [-0.15, -0.1) is 0 Å². The lowest BCUT2D eigenvalue weighted by molar-refractivity contribution is -0.132. The van der Waals surface area contributed by atoms with Crippen molar-refractivity contribution in [3.8, 4) is 5.75 Å². The van der Waals surface area contributed by atoms with Crippen molar-refractivity contribution in [2.45, 2.75) is 31.2 Å². The van der Waals surface area contributed by atoms with Crippen LogP contribution in [0.1, 0.15) is 47.9 Å². The molecule has 1 aliphatic heterocycles. The number of likely N-dealkylation sites (tertiary alicyclic amines) is 1. The first kappa shape index (κ1) is 19.3. The summed E-state index contributed by atoms with van der Waals surface area (Å²) >= 11 is 0. The van der Waals surface area contributed by atoms with Crippen molar-refractivity contribution in [3.63, 3.8) is 0 Å². The van der Waals surface area contributed by atoms with Crippen LogP contribution >= 0.6 is 0 Å². The summed E-state index contributed by atoms with van der Waals surface area (Å²) in [4.78, 5) is 15.5. The maximum absolute atomic E-state index is 13.4. The van der Waals surface area contributed by atoms with Crippen LogP contribution in [0, 0.1) is 0 Å². The van der Waals surface area contributed by atoms with Gasteiger partial charge in [-0.05, 0) is 41.7 Å². The summed E-state index contributed by atoms with van der Waals surface area (Å²) < 4.78 is 5.28. The first-order valence-electron chi connectivity index (χ1n) is 10.3. The van der Waals surface area contributed by atoms with Crippen molar-refractivity contribution in [2.75, 3.05) is 13.7 Å². The van der Waals surface area contributed by atoms with E-state index in [1.807, 2.05) is 48.5 Å². The molecule has 1 saturated heterocycles. The van der Waals surface area contributed by atoms with E-state index in [4.69, 9.17) is 4.74 Å². The smallest absolute Gasteiger partial charge is 0.224 e. The minimum atomic E-state index is 0.0713. The Morgan fingerprint density at radius 3 is 2.07 bits per heavy atom. The molecule has 0 aromatic heterocycles. The Balaban J connectivity index is 1.56. The number of hydrogen-bond acceptors (Lipinski definition) is 2. The third-order valence-corrected chi connectivity index (χ3v) is 5.86. The highest BCUT2D eigenvalue weighted by molar-refractivity contribution is 5.78. The van der Waals surface area contributed by atoms with E-state index in [1.165, 1.54) is 16.7 Å². The molecule has 1 fully saturated rings. The number of hydrogen-bond donors (Lipinski definition) is 0. The second kappa shape index (κ2) is 8.95. The Labute approximate surface area is 172 Å². The number of carbonyl (C=O) groups is 1. The normalized spacial score (nSPS) is 16.2. The molecule has 0 unspecified atom stereocenters. The van der Waals surface area contributed by atoms with E-state index in [9.17, 15) is 4.79 Å². The number of methoxy groups -OCH3 is 1. The molecule has 1 atom stereocenters. The molecule has 0 N–H and O–H groups in total. The van der Waals surface area contributed by atoms with Gasteiger partial charge in [0.15, 0.2) is 0 Å². The minimum Gasteiger partial charge on any atom is -0.497 e. The molecule has 0 spiro atoms. The molecule has 4 rings (SSSR count). The fraction of sp³-hybridized carbons (Fsp3) is 0.269. The standard InChI is InChI=1S/C26H27NO2/c1-29-23-16-14-22(15-17-23)25-13-8-18-27(25)26(28)19-24(20-9-4-2-5-10-20)21-11-6-3-7-12-21/h2-7,9-12,14-17,24-25H,8,13,18-19H2,1H3/t25-/m0/s1. The molecular formula is C26H27NO2. The van der Waals surface area contributed by atoms with Gasteiger partial charge < -0.3 is 9.64 Å². The van der Waals surface area contributed by atoms with Gasteiger partial charge in [-0.1, -0.05) is 72.8 Å². The van der Waals surface area contributed by atoms with Crippen LogP contribution in [0.3, 0.4) is 0 Å².